The van der Waals surface area contributed by atoms with Crippen LogP contribution in [0.5, 0.6) is 17.2 Å². The summed E-state index contributed by atoms with van der Waals surface area (Å²) in [6.07, 6.45) is 13.8. The zero-order chi connectivity index (χ0) is 68.8. The number of anilines is 1. The van der Waals surface area contributed by atoms with Gasteiger partial charge in [-0.05, 0) is 183 Å². The van der Waals surface area contributed by atoms with Gasteiger partial charge < -0.3 is 68.4 Å². The molecular formula is C67H94N12O15S. The second kappa shape index (κ2) is 42.5. The monoisotopic (exact) mass is 1340 g/mol. The SMILES string of the molecule is C=CCc1c(OCCCCCOc2cccc(OCCCC(=O)NCCCNC(=O)C(CCCCN)NC(=O)C(CCCCN)NC(=O)C(CCCCN)NC(=O)CNC(=O)c3ccc(N/N=C/c4ccccc4S(=O)(=O)O)nc3)c2CCC(=O)O)ccc2c1CCCC2=O. The first-order valence-corrected chi connectivity index (χ1v) is 34.0. The van der Waals surface area contributed by atoms with Crippen LogP contribution in [0.4, 0.5) is 5.82 Å². The van der Waals surface area contributed by atoms with Gasteiger partial charge in [0.25, 0.3) is 16.0 Å². The number of hydrogen-bond acceptors (Lipinski definition) is 19. The van der Waals surface area contributed by atoms with Crippen molar-refractivity contribution >= 4 is 69.3 Å². The van der Waals surface area contributed by atoms with Crippen molar-refractivity contribution in [1.29, 1.82) is 0 Å². The number of carboxylic acids is 1. The van der Waals surface area contributed by atoms with E-state index < -0.39 is 70.3 Å². The third-order valence-corrected chi connectivity index (χ3v) is 16.3. The van der Waals surface area contributed by atoms with Gasteiger partial charge >= 0.3 is 5.97 Å². The van der Waals surface area contributed by atoms with Gasteiger partial charge in [0.2, 0.25) is 29.5 Å². The minimum atomic E-state index is -4.50. The summed E-state index contributed by atoms with van der Waals surface area (Å²) in [5, 5.41) is 29.9. The summed E-state index contributed by atoms with van der Waals surface area (Å²) >= 11 is 0. The smallest absolute Gasteiger partial charge is 0.303 e. The fourth-order valence-corrected chi connectivity index (χ4v) is 11.1. The Morgan fingerprint density at radius 2 is 1.23 bits per heavy atom. The molecule has 0 saturated heterocycles. The van der Waals surface area contributed by atoms with Gasteiger partial charge in [-0.25, -0.2) is 4.98 Å². The van der Waals surface area contributed by atoms with E-state index in [0.717, 1.165) is 54.5 Å². The van der Waals surface area contributed by atoms with Crippen LogP contribution in [-0.2, 0) is 58.1 Å². The molecule has 1 aromatic heterocycles. The number of allylic oxidation sites excluding steroid dienone is 1. The Hall–Kier alpha value is -8.83. The van der Waals surface area contributed by atoms with Gasteiger partial charge in [0.05, 0.1) is 38.1 Å². The van der Waals surface area contributed by atoms with Crippen LogP contribution in [0.1, 0.15) is 159 Å². The number of nitrogens with two attached hydrogens (primary N) is 3. The number of aliphatic carboxylic acids is 1. The van der Waals surface area contributed by atoms with Crippen molar-refractivity contribution in [3.8, 4) is 17.2 Å². The van der Waals surface area contributed by atoms with E-state index in [1.165, 1.54) is 42.7 Å². The minimum Gasteiger partial charge on any atom is -0.493 e. The lowest BCUT2D eigenvalue weighted by molar-refractivity contribution is -0.137. The summed E-state index contributed by atoms with van der Waals surface area (Å²) in [5.41, 5.74) is 23.6. The molecule has 1 aliphatic carbocycles. The number of amides is 6. The Labute approximate surface area is 555 Å². The van der Waals surface area contributed by atoms with Gasteiger partial charge in [-0.15, -0.1) is 6.58 Å². The average molecular weight is 1340 g/mol. The molecule has 1 aliphatic rings. The van der Waals surface area contributed by atoms with E-state index in [1.54, 1.807) is 24.3 Å². The number of nitrogens with one attached hydrogen (secondary N) is 7. The van der Waals surface area contributed by atoms with Crippen molar-refractivity contribution in [2.75, 3.05) is 64.5 Å². The lowest BCUT2D eigenvalue weighted by Crippen LogP contribution is -2.57. The number of aromatic nitrogens is 1. The quantitative estimate of drug-likeness (QED) is 0.00935. The van der Waals surface area contributed by atoms with Crippen molar-refractivity contribution in [1.82, 2.24) is 36.9 Å². The van der Waals surface area contributed by atoms with Crippen molar-refractivity contribution in [2.24, 2.45) is 22.3 Å². The number of Topliss-reactive ketones (excluding diaryl/α,β-unsaturated/α-hetero) is 1. The van der Waals surface area contributed by atoms with E-state index in [0.29, 0.717) is 114 Å². The van der Waals surface area contributed by atoms with Gasteiger partial charge in [0.15, 0.2) is 5.78 Å². The number of carboxylic acid groups (broad SMARTS) is 1. The molecule has 27 nitrogen and oxygen atoms in total. The Balaban J connectivity index is 1.05. The molecule has 15 N–H and O–H groups in total. The molecule has 0 radical (unpaired) electrons. The third kappa shape index (κ3) is 27.6. The molecule has 1 heterocycles. The number of unbranched alkanes of at least 4 members (excludes halogenated alkanes) is 5. The number of carbonyl (C=O) groups excluding carboxylic acids is 7. The highest BCUT2D eigenvalue weighted by atomic mass is 32.2. The molecule has 28 heteroatoms. The maximum Gasteiger partial charge on any atom is 0.303 e. The fourth-order valence-electron chi connectivity index (χ4n) is 10.4. The summed E-state index contributed by atoms with van der Waals surface area (Å²) in [6, 6.07) is 14.2. The van der Waals surface area contributed by atoms with Crippen molar-refractivity contribution < 1.29 is 70.6 Å². The predicted molar refractivity (Wildman–Crippen MR) is 359 cm³/mol. The van der Waals surface area contributed by atoms with Crippen LogP contribution in [0, 0.1) is 0 Å². The maximum absolute atomic E-state index is 14.0. The van der Waals surface area contributed by atoms with Crippen LogP contribution >= 0.6 is 0 Å². The Bertz CT molecular complexity index is 3320. The molecule has 5 rings (SSSR count). The summed E-state index contributed by atoms with van der Waals surface area (Å²) in [6.45, 7) is 5.81. The van der Waals surface area contributed by atoms with Gasteiger partial charge in [0, 0.05) is 60.8 Å². The Morgan fingerprint density at radius 3 is 1.83 bits per heavy atom. The van der Waals surface area contributed by atoms with Crippen LogP contribution in [0.2, 0.25) is 0 Å². The first kappa shape index (κ1) is 76.9. The first-order valence-electron chi connectivity index (χ1n) is 32.5. The number of hydrogen-bond donors (Lipinski definition) is 12. The lowest BCUT2D eigenvalue weighted by atomic mass is 9.86. The highest BCUT2D eigenvalue weighted by Crippen LogP contribution is 2.33. The molecule has 0 fully saturated rings. The van der Waals surface area contributed by atoms with E-state index >= 15 is 0 Å². The highest BCUT2D eigenvalue weighted by Gasteiger charge is 2.30. The molecule has 3 atom stereocenters. The summed E-state index contributed by atoms with van der Waals surface area (Å²) in [5.74, 6) is -2.23. The molecule has 6 amide bonds. The average Bonchev–Trinajstić information content (AvgIpc) is 0.899. The molecule has 3 unspecified atom stereocenters. The van der Waals surface area contributed by atoms with Gasteiger partial charge in [-0.3, -0.25) is 48.3 Å². The van der Waals surface area contributed by atoms with Crippen LogP contribution in [0.25, 0.3) is 0 Å². The zero-order valence-electron chi connectivity index (χ0n) is 54.0. The molecular weight excluding hydrogens is 1240 g/mol. The number of rotatable bonds is 47. The van der Waals surface area contributed by atoms with Gasteiger partial charge in [-0.2, -0.15) is 13.5 Å². The topological polar surface area (TPSA) is 426 Å². The second-order valence-corrected chi connectivity index (χ2v) is 24.2. The van der Waals surface area contributed by atoms with Crippen LogP contribution in [0.15, 0.2) is 95.6 Å². The van der Waals surface area contributed by atoms with Crippen molar-refractivity contribution in [3.63, 3.8) is 0 Å². The summed E-state index contributed by atoms with van der Waals surface area (Å²) in [7, 11) is -4.50. The third-order valence-electron chi connectivity index (χ3n) is 15.4. The number of benzene rings is 3. The largest absolute Gasteiger partial charge is 0.493 e. The number of pyridine rings is 1. The number of ketones is 1. The molecule has 0 saturated carbocycles. The first-order chi connectivity index (χ1) is 45.9. The van der Waals surface area contributed by atoms with E-state index in [4.69, 9.17) is 31.4 Å². The highest BCUT2D eigenvalue weighted by molar-refractivity contribution is 7.86. The summed E-state index contributed by atoms with van der Waals surface area (Å²) < 4.78 is 51.3. The Kier molecular flexibility index (Phi) is 34.4. The molecule has 4 aromatic rings. The number of hydrazone groups is 1. The summed E-state index contributed by atoms with van der Waals surface area (Å²) in [4.78, 5) is 109. The molecule has 518 valence electrons. The van der Waals surface area contributed by atoms with Crippen molar-refractivity contribution in [3.05, 3.63) is 119 Å². The van der Waals surface area contributed by atoms with Crippen LogP contribution in [-0.4, -0.2) is 154 Å². The standard InChI is InChI=1S/C67H94N12O15S/c1-2-18-50-48-20-14-24-55(80)49(48)30-32-58(50)93-41-13-3-12-40-92-56-25-15-26-57(51(56)31-34-63(83)84)94-42-16-28-61(81)71-38-17-39-72-65(86)52(21-6-9-35-68)77-67(88)54(23-8-11-37-70)78-66(87)53(22-7-10-36-69)76-62(82)45-74-64(85)47-29-33-60(73-43-47)79-75-44-46-19-4-5-27-59(46)95(89,90)91/h2,4-5,15,19,25-27,29-30,32-33,43-44,52-54H,1,3,6-14,16-18,20-24,28,31,34-42,45,68-70H2,(H,71,81)(H,72,86)(H,73,79)(H,74,85)(H,76,82)(H,77,88)(H,78,87)(H,83,84)(H,89,90,91)/b75-44+. The van der Waals surface area contributed by atoms with Gasteiger partial charge in [0.1, 0.15) is 46.1 Å². The predicted octanol–water partition coefficient (Wildman–Crippen LogP) is 4.72. The van der Waals surface area contributed by atoms with Crippen molar-refractivity contribution in [2.45, 2.75) is 158 Å². The zero-order valence-corrected chi connectivity index (χ0v) is 54.8. The Morgan fingerprint density at radius 1 is 0.632 bits per heavy atom. The molecule has 0 bridgehead atoms. The minimum absolute atomic E-state index is 0.0744. The van der Waals surface area contributed by atoms with Crippen LogP contribution in [0.3, 0.4) is 0 Å². The molecule has 0 spiro atoms. The maximum atomic E-state index is 14.0. The molecule has 0 aliphatic heterocycles. The second-order valence-electron chi connectivity index (χ2n) is 22.8. The molecule has 3 aromatic carbocycles. The molecule has 95 heavy (non-hydrogen) atoms. The van der Waals surface area contributed by atoms with E-state index in [1.807, 2.05) is 18.2 Å². The fraction of sp³-hybridized carbons (Fsp3) is 0.493. The lowest BCUT2D eigenvalue weighted by Gasteiger charge is -2.25. The number of carbonyl (C=O) groups is 8. The van der Waals surface area contributed by atoms with E-state index in [-0.39, 0.29) is 91.8 Å². The van der Waals surface area contributed by atoms with Crippen LogP contribution < -0.4 is 68.7 Å². The number of fused-ring (bicyclic) bond motifs is 1. The van der Waals surface area contributed by atoms with Gasteiger partial charge in [-0.1, -0.05) is 30.3 Å². The number of nitrogens with zero attached hydrogens (tertiary/aromatic N) is 2. The normalized spacial score (nSPS) is 12.9. The van der Waals surface area contributed by atoms with E-state index in [2.05, 4.69) is 54.0 Å². The number of ether oxygens (including phenoxy) is 3. The van der Waals surface area contributed by atoms with E-state index in [9.17, 15) is 56.4 Å².